The van der Waals surface area contributed by atoms with Gasteiger partial charge >= 0.3 is 6.01 Å². The van der Waals surface area contributed by atoms with Gasteiger partial charge in [-0.1, -0.05) is 22.9 Å². The Kier molecular flexibility index (Phi) is 4.98. The van der Waals surface area contributed by atoms with Crippen molar-refractivity contribution in [3.8, 4) is 6.01 Å². The minimum absolute atomic E-state index is 0.167. The van der Waals surface area contributed by atoms with Crippen molar-refractivity contribution in [2.24, 2.45) is 0 Å². The van der Waals surface area contributed by atoms with E-state index in [1.54, 1.807) is 0 Å². The molecule has 0 aliphatic rings. The van der Waals surface area contributed by atoms with E-state index in [0.29, 0.717) is 11.8 Å². The van der Waals surface area contributed by atoms with Crippen LogP contribution in [0.25, 0.3) is 0 Å². The number of hydrogen-bond acceptors (Lipinski definition) is 6. The van der Waals surface area contributed by atoms with Crippen LogP contribution in [0.2, 0.25) is 0 Å². The van der Waals surface area contributed by atoms with Crippen LogP contribution in [0.3, 0.4) is 0 Å². The van der Waals surface area contributed by atoms with Crippen molar-refractivity contribution in [2.45, 2.75) is 23.4 Å². The fraction of sp³-hybridized carbons (Fsp3) is 0.250. The van der Waals surface area contributed by atoms with E-state index in [9.17, 15) is 0 Å². The highest BCUT2D eigenvalue weighted by Gasteiger charge is 2.07. The van der Waals surface area contributed by atoms with Gasteiger partial charge in [-0.2, -0.15) is 15.0 Å². The molecular weight excluding hydrogens is 328 g/mol. The molecule has 0 atom stereocenters. The lowest BCUT2D eigenvalue weighted by Crippen LogP contribution is -2.05. The molecule has 0 bridgehead atoms. The smallest absolute Gasteiger partial charge is 0.322 e. The van der Waals surface area contributed by atoms with E-state index in [1.807, 2.05) is 31.2 Å². The van der Waals surface area contributed by atoms with Crippen LogP contribution in [0.4, 0.5) is 5.95 Å². The van der Waals surface area contributed by atoms with Gasteiger partial charge in [-0.05, 0) is 42.4 Å². The third-order valence-electron chi connectivity index (χ3n) is 2.07. The normalized spacial score (nSPS) is 10.4. The molecule has 0 amide bonds. The zero-order valence-corrected chi connectivity index (χ0v) is 12.7. The zero-order chi connectivity index (χ0) is 13.7. The molecule has 0 radical (unpaired) electrons. The highest BCUT2D eigenvalue weighted by Crippen LogP contribution is 2.27. The van der Waals surface area contributed by atoms with Gasteiger partial charge in [-0.3, -0.25) is 0 Å². The van der Waals surface area contributed by atoms with Crippen LogP contribution in [-0.2, 0) is 0 Å². The highest BCUT2D eigenvalue weighted by atomic mass is 79.9. The molecule has 7 heteroatoms. The summed E-state index contributed by atoms with van der Waals surface area (Å²) in [6, 6.07) is 8.14. The van der Waals surface area contributed by atoms with Gasteiger partial charge in [0.1, 0.15) is 0 Å². The van der Waals surface area contributed by atoms with Gasteiger partial charge in [0.15, 0.2) is 0 Å². The lowest BCUT2D eigenvalue weighted by Gasteiger charge is -2.05. The van der Waals surface area contributed by atoms with Crippen LogP contribution in [0.5, 0.6) is 6.01 Å². The molecule has 19 heavy (non-hydrogen) atoms. The second-order valence-electron chi connectivity index (χ2n) is 3.66. The third kappa shape index (κ3) is 4.36. The van der Waals surface area contributed by atoms with Crippen molar-refractivity contribution >= 4 is 33.6 Å². The second kappa shape index (κ2) is 6.72. The van der Waals surface area contributed by atoms with Gasteiger partial charge in [0, 0.05) is 9.37 Å². The number of ether oxygens (including phenoxy) is 1. The Morgan fingerprint density at radius 3 is 2.63 bits per heavy atom. The molecule has 0 saturated carbocycles. The van der Waals surface area contributed by atoms with Crippen LogP contribution in [0.15, 0.2) is 38.8 Å². The summed E-state index contributed by atoms with van der Waals surface area (Å²) in [6.45, 7) is 2.58. The molecule has 5 nitrogen and oxygen atoms in total. The summed E-state index contributed by atoms with van der Waals surface area (Å²) >= 11 is 4.81. The fourth-order valence-corrected chi connectivity index (χ4v) is 2.27. The van der Waals surface area contributed by atoms with Crippen molar-refractivity contribution in [2.75, 3.05) is 12.3 Å². The summed E-state index contributed by atoms with van der Waals surface area (Å²) in [7, 11) is 0. The van der Waals surface area contributed by atoms with Crippen molar-refractivity contribution < 1.29 is 4.74 Å². The first-order valence-electron chi connectivity index (χ1n) is 5.75. The standard InChI is InChI=1S/C12H13BrN4OS/c1-2-7-18-11-15-10(14)16-12(17-11)19-9-5-3-8(13)4-6-9/h3-6H,2,7H2,1H3,(H2,14,15,16,17). The van der Waals surface area contributed by atoms with Gasteiger partial charge in [0.05, 0.1) is 6.61 Å². The molecule has 0 spiro atoms. The van der Waals surface area contributed by atoms with Crippen LogP contribution >= 0.6 is 27.7 Å². The van der Waals surface area contributed by atoms with E-state index in [0.717, 1.165) is 15.8 Å². The summed E-state index contributed by atoms with van der Waals surface area (Å²) in [4.78, 5) is 13.3. The summed E-state index contributed by atoms with van der Waals surface area (Å²) in [5.41, 5.74) is 5.65. The number of rotatable bonds is 5. The maximum Gasteiger partial charge on any atom is 0.322 e. The van der Waals surface area contributed by atoms with Gasteiger partial charge < -0.3 is 10.5 Å². The van der Waals surface area contributed by atoms with Crippen LogP contribution in [0.1, 0.15) is 13.3 Å². The molecule has 0 aliphatic carbocycles. The van der Waals surface area contributed by atoms with Crippen LogP contribution in [0, 0.1) is 0 Å². The van der Waals surface area contributed by atoms with Crippen LogP contribution in [-0.4, -0.2) is 21.6 Å². The minimum atomic E-state index is 0.167. The fourth-order valence-electron chi connectivity index (χ4n) is 1.26. The molecule has 0 fully saturated rings. The van der Waals surface area contributed by atoms with Crippen LogP contribution < -0.4 is 10.5 Å². The third-order valence-corrected chi connectivity index (χ3v) is 3.47. The number of nitrogen functional groups attached to an aromatic ring is 1. The van der Waals surface area contributed by atoms with Gasteiger partial charge in [0.25, 0.3) is 0 Å². The molecule has 2 N–H and O–H groups in total. The maximum absolute atomic E-state index is 5.65. The monoisotopic (exact) mass is 340 g/mol. The number of nitrogens with two attached hydrogens (primary N) is 1. The topological polar surface area (TPSA) is 73.9 Å². The lowest BCUT2D eigenvalue weighted by molar-refractivity contribution is 0.288. The molecule has 2 rings (SSSR count). The highest BCUT2D eigenvalue weighted by molar-refractivity contribution is 9.10. The van der Waals surface area contributed by atoms with Gasteiger partial charge in [0.2, 0.25) is 11.1 Å². The molecule has 0 saturated heterocycles. The second-order valence-corrected chi connectivity index (χ2v) is 5.62. The van der Waals surface area contributed by atoms with Gasteiger partial charge in [-0.15, -0.1) is 0 Å². The number of benzene rings is 1. The predicted octanol–water partition coefficient (Wildman–Crippen LogP) is 3.16. The Labute approximate surface area is 124 Å². The predicted molar refractivity (Wildman–Crippen MR) is 78.3 cm³/mol. The molecular formula is C12H13BrN4OS. The molecule has 0 aliphatic heterocycles. The number of anilines is 1. The first kappa shape index (κ1) is 14.1. The Balaban J connectivity index is 2.15. The van der Waals surface area contributed by atoms with E-state index < -0.39 is 0 Å². The zero-order valence-electron chi connectivity index (χ0n) is 10.3. The molecule has 100 valence electrons. The van der Waals surface area contributed by atoms with E-state index in [2.05, 4.69) is 30.9 Å². The van der Waals surface area contributed by atoms with Crippen molar-refractivity contribution in [1.82, 2.24) is 15.0 Å². The Morgan fingerprint density at radius 2 is 1.95 bits per heavy atom. The number of hydrogen-bond donors (Lipinski definition) is 1. The first-order valence-corrected chi connectivity index (χ1v) is 7.36. The summed E-state index contributed by atoms with van der Waals surface area (Å²) < 4.78 is 6.40. The minimum Gasteiger partial charge on any atom is -0.463 e. The largest absolute Gasteiger partial charge is 0.463 e. The Morgan fingerprint density at radius 1 is 1.21 bits per heavy atom. The number of aromatic nitrogens is 3. The van der Waals surface area contributed by atoms with E-state index >= 15 is 0 Å². The number of nitrogens with zero attached hydrogens (tertiary/aromatic N) is 3. The Bertz CT molecular complexity index is 550. The molecule has 1 heterocycles. The quantitative estimate of drug-likeness (QED) is 0.901. The van der Waals surface area contributed by atoms with E-state index in [1.165, 1.54) is 11.8 Å². The molecule has 1 aromatic carbocycles. The lowest BCUT2D eigenvalue weighted by atomic mass is 10.4. The Hall–Kier alpha value is -1.34. The van der Waals surface area contributed by atoms with E-state index in [4.69, 9.17) is 10.5 Å². The number of halogens is 1. The molecule has 1 aromatic heterocycles. The summed E-state index contributed by atoms with van der Waals surface area (Å²) in [5, 5.41) is 0.529. The van der Waals surface area contributed by atoms with Crippen molar-refractivity contribution in [3.63, 3.8) is 0 Å². The van der Waals surface area contributed by atoms with Gasteiger partial charge in [-0.25, -0.2) is 0 Å². The van der Waals surface area contributed by atoms with Crippen molar-refractivity contribution in [3.05, 3.63) is 28.7 Å². The average molecular weight is 341 g/mol. The molecule has 2 aromatic rings. The SMILES string of the molecule is CCCOc1nc(N)nc(Sc2ccc(Br)cc2)n1. The maximum atomic E-state index is 5.65. The summed E-state index contributed by atoms with van der Waals surface area (Å²) in [6.07, 6.45) is 0.890. The first-order chi connectivity index (χ1) is 9.17. The van der Waals surface area contributed by atoms with E-state index in [-0.39, 0.29) is 12.0 Å². The summed E-state index contributed by atoms with van der Waals surface area (Å²) in [5.74, 6) is 0.167. The molecule has 0 unspecified atom stereocenters. The van der Waals surface area contributed by atoms with Crippen molar-refractivity contribution in [1.29, 1.82) is 0 Å². The average Bonchev–Trinajstić information content (AvgIpc) is 2.38.